The number of ether oxygens (including phenoxy) is 1. The number of nitrogens with zero attached hydrogens (tertiary/aromatic N) is 1. The highest BCUT2D eigenvalue weighted by Gasteiger charge is 2.27. The number of carbonyl (C=O) groups excluding carboxylic acids is 2. The zero-order valence-electron chi connectivity index (χ0n) is 11.4. The summed E-state index contributed by atoms with van der Waals surface area (Å²) in [4.78, 5) is 24.2. The molecule has 1 heterocycles. The van der Waals surface area contributed by atoms with E-state index in [-0.39, 0.29) is 11.8 Å². The molecule has 0 aromatic heterocycles. The van der Waals surface area contributed by atoms with Gasteiger partial charge in [0.2, 0.25) is 11.8 Å². The van der Waals surface area contributed by atoms with Gasteiger partial charge in [0.15, 0.2) is 0 Å². The Kier molecular flexibility index (Phi) is 4.20. The van der Waals surface area contributed by atoms with E-state index in [1.165, 1.54) is 10.5 Å². The van der Waals surface area contributed by atoms with Crippen molar-refractivity contribution in [3.63, 3.8) is 0 Å². The Balaban J connectivity index is 1.79. The van der Waals surface area contributed by atoms with E-state index in [1.54, 1.807) is 0 Å². The second kappa shape index (κ2) is 5.87. The van der Waals surface area contributed by atoms with Crippen LogP contribution in [0.5, 0.6) is 5.75 Å². The molecule has 1 aliphatic heterocycles. The number of carbonyl (C=O) groups is 2. The number of rotatable bonds is 5. The summed E-state index contributed by atoms with van der Waals surface area (Å²) in [5.41, 5.74) is 2.33. The van der Waals surface area contributed by atoms with Crippen LogP contribution in [0.2, 0.25) is 0 Å². The van der Waals surface area contributed by atoms with E-state index >= 15 is 0 Å². The van der Waals surface area contributed by atoms with Gasteiger partial charge in [-0.1, -0.05) is 12.1 Å². The summed E-state index contributed by atoms with van der Waals surface area (Å²) in [6, 6.07) is 5.95. The average molecular weight is 261 g/mol. The van der Waals surface area contributed by atoms with Crippen molar-refractivity contribution in [2.24, 2.45) is 0 Å². The Labute approximate surface area is 113 Å². The summed E-state index contributed by atoms with van der Waals surface area (Å²) in [5.74, 6) is 0.757. The molecule has 1 fully saturated rings. The lowest BCUT2D eigenvalue weighted by Crippen LogP contribution is -2.30. The van der Waals surface area contributed by atoms with Crippen molar-refractivity contribution < 1.29 is 14.3 Å². The minimum absolute atomic E-state index is 0.0586. The molecule has 4 heteroatoms. The first-order valence-electron chi connectivity index (χ1n) is 6.62. The van der Waals surface area contributed by atoms with Gasteiger partial charge in [-0.3, -0.25) is 14.5 Å². The largest absolute Gasteiger partial charge is 0.493 e. The van der Waals surface area contributed by atoms with Crippen molar-refractivity contribution in [1.82, 2.24) is 4.90 Å². The van der Waals surface area contributed by atoms with Gasteiger partial charge in [0.1, 0.15) is 5.75 Å². The Morgan fingerprint density at radius 3 is 2.53 bits per heavy atom. The standard InChI is InChI=1S/C15H19NO3/c1-11-5-3-6-13(12(11)2)19-10-4-9-16-14(17)7-8-15(16)18/h3,5-6H,4,7-10H2,1-2H3. The van der Waals surface area contributed by atoms with Gasteiger partial charge < -0.3 is 4.74 Å². The van der Waals surface area contributed by atoms with E-state index in [2.05, 4.69) is 0 Å². The molecule has 1 saturated heterocycles. The van der Waals surface area contributed by atoms with Crippen LogP contribution < -0.4 is 4.74 Å². The molecule has 1 aromatic rings. The van der Waals surface area contributed by atoms with Gasteiger partial charge in [-0.05, 0) is 37.5 Å². The average Bonchev–Trinajstić information content (AvgIpc) is 2.70. The molecule has 1 aliphatic rings. The van der Waals surface area contributed by atoms with Crippen molar-refractivity contribution in [2.45, 2.75) is 33.1 Å². The highest BCUT2D eigenvalue weighted by molar-refractivity contribution is 6.01. The van der Waals surface area contributed by atoms with Crippen LogP contribution in [0.25, 0.3) is 0 Å². The van der Waals surface area contributed by atoms with E-state index in [0.717, 1.165) is 11.3 Å². The molecule has 0 unspecified atom stereocenters. The smallest absolute Gasteiger partial charge is 0.229 e. The lowest BCUT2D eigenvalue weighted by atomic mass is 10.1. The van der Waals surface area contributed by atoms with Gasteiger partial charge in [0.05, 0.1) is 6.61 Å². The Morgan fingerprint density at radius 2 is 1.84 bits per heavy atom. The summed E-state index contributed by atoms with van der Waals surface area (Å²) >= 11 is 0. The van der Waals surface area contributed by atoms with Crippen LogP contribution in [0.4, 0.5) is 0 Å². The fraction of sp³-hybridized carbons (Fsp3) is 0.467. The van der Waals surface area contributed by atoms with Gasteiger partial charge in [-0.2, -0.15) is 0 Å². The number of imide groups is 1. The summed E-state index contributed by atoms with van der Waals surface area (Å²) in [7, 11) is 0. The summed E-state index contributed by atoms with van der Waals surface area (Å²) in [6.45, 7) is 5.05. The van der Waals surface area contributed by atoms with Crippen LogP contribution in [0.1, 0.15) is 30.4 Å². The van der Waals surface area contributed by atoms with E-state index in [0.29, 0.717) is 32.4 Å². The van der Waals surface area contributed by atoms with Crippen LogP contribution in [0, 0.1) is 13.8 Å². The number of likely N-dealkylation sites (tertiary alicyclic amines) is 1. The quantitative estimate of drug-likeness (QED) is 0.603. The zero-order chi connectivity index (χ0) is 13.8. The minimum atomic E-state index is -0.0586. The molecule has 0 spiro atoms. The van der Waals surface area contributed by atoms with E-state index in [4.69, 9.17) is 4.74 Å². The Hall–Kier alpha value is -1.84. The fourth-order valence-electron chi connectivity index (χ4n) is 2.16. The number of aryl methyl sites for hydroxylation is 1. The molecule has 2 amide bonds. The highest BCUT2D eigenvalue weighted by Crippen LogP contribution is 2.20. The topological polar surface area (TPSA) is 46.6 Å². The Bertz CT molecular complexity index is 480. The van der Waals surface area contributed by atoms with Crippen LogP contribution in [-0.2, 0) is 9.59 Å². The van der Waals surface area contributed by atoms with Crippen LogP contribution >= 0.6 is 0 Å². The molecule has 1 aromatic carbocycles. The fourth-order valence-corrected chi connectivity index (χ4v) is 2.16. The molecule has 0 aliphatic carbocycles. The third-order valence-electron chi connectivity index (χ3n) is 3.49. The maximum atomic E-state index is 11.4. The lowest BCUT2D eigenvalue weighted by molar-refractivity contribution is -0.138. The predicted molar refractivity (Wildman–Crippen MR) is 72.0 cm³/mol. The Morgan fingerprint density at radius 1 is 1.16 bits per heavy atom. The second-order valence-corrected chi connectivity index (χ2v) is 4.84. The summed E-state index contributed by atoms with van der Waals surface area (Å²) in [5, 5.41) is 0. The highest BCUT2D eigenvalue weighted by atomic mass is 16.5. The normalized spacial score (nSPS) is 15.2. The van der Waals surface area contributed by atoms with Gasteiger partial charge in [-0.25, -0.2) is 0 Å². The monoisotopic (exact) mass is 261 g/mol. The molecule has 2 rings (SSSR count). The first-order chi connectivity index (χ1) is 9.09. The van der Waals surface area contributed by atoms with Crippen molar-refractivity contribution >= 4 is 11.8 Å². The third-order valence-corrected chi connectivity index (χ3v) is 3.49. The van der Waals surface area contributed by atoms with Crippen molar-refractivity contribution in [2.75, 3.05) is 13.2 Å². The summed E-state index contributed by atoms with van der Waals surface area (Å²) in [6.07, 6.45) is 1.39. The predicted octanol–water partition coefficient (Wildman–Crippen LogP) is 2.22. The molecule has 0 bridgehead atoms. The van der Waals surface area contributed by atoms with Gasteiger partial charge in [0, 0.05) is 19.4 Å². The third kappa shape index (κ3) is 3.13. The van der Waals surface area contributed by atoms with Crippen LogP contribution in [-0.4, -0.2) is 29.9 Å². The van der Waals surface area contributed by atoms with Crippen molar-refractivity contribution in [1.29, 1.82) is 0 Å². The number of hydrogen-bond acceptors (Lipinski definition) is 3. The van der Waals surface area contributed by atoms with Crippen molar-refractivity contribution in [3.05, 3.63) is 29.3 Å². The van der Waals surface area contributed by atoms with Crippen molar-refractivity contribution in [3.8, 4) is 5.75 Å². The number of amides is 2. The second-order valence-electron chi connectivity index (χ2n) is 4.84. The molecule has 0 atom stereocenters. The number of benzene rings is 1. The number of hydrogen-bond donors (Lipinski definition) is 0. The molecule has 4 nitrogen and oxygen atoms in total. The maximum absolute atomic E-state index is 11.4. The molecule has 0 saturated carbocycles. The van der Waals surface area contributed by atoms with Crippen LogP contribution in [0.3, 0.4) is 0 Å². The van der Waals surface area contributed by atoms with E-state index in [9.17, 15) is 9.59 Å². The molecule has 0 N–H and O–H groups in total. The molecule has 0 radical (unpaired) electrons. The molecular weight excluding hydrogens is 242 g/mol. The zero-order valence-corrected chi connectivity index (χ0v) is 11.4. The first-order valence-corrected chi connectivity index (χ1v) is 6.62. The SMILES string of the molecule is Cc1cccc(OCCCN2C(=O)CCC2=O)c1C. The van der Waals surface area contributed by atoms with E-state index in [1.807, 2.05) is 32.0 Å². The molecule has 102 valence electrons. The minimum Gasteiger partial charge on any atom is -0.493 e. The van der Waals surface area contributed by atoms with E-state index < -0.39 is 0 Å². The maximum Gasteiger partial charge on any atom is 0.229 e. The van der Waals surface area contributed by atoms with Gasteiger partial charge in [0.25, 0.3) is 0 Å². The van der Waals surface area contributed by atoms with Gasteiger partial charge >= 0.3 is 0 Å². The van der Waals surface area contributed by atoms with Crippen LogP contribution in [0.15, 0.2) is 18.2 Å². The first kappa shape index (κ1) is 13.6. The van der Waals surface area contributed by atoms with Gasteiger partial charge in [-0.15, -0.1) is 0 Å². The molecule has 19 heavy (non-hydrogen) atoms. The summed E-state index contributed by atoms with van der Waals surface area (Å²) < 4.78 is 5.70. The lowest BCUT2D eigenvalue weighted by Gasteiger charge is -2.15. The molecular formula is C15H19NO3.